The number of anilines is 1. The van der Waals surface area contributed by atoms with Crippen LogP contribution in [0.2, 0.25) is 0 Å². The molecule has 0 aromatic heterocycles. The summed E-state index contributed by atoms with van der Waals surface area (Å²) in [6.45, 7) is 11.5. The van der Waals surface area contributed by atoms with Gasteiger partial charge in [-0.1, -0.05) is 31.4 Å². The third-order valence-electron chi connectivity index (χ3n) is 6.50. The fraction of sp³-hybridized carbons (Fsp3) is 0.400. The van der Waals surface area contributed by atoms with E-state index in [9.17, 15) is 9.59 Å². The third kappa shape index (κ3) is 8.01. The van der Waals surface area contributed by atoms with Crippen molar-refractivity contribution in [2.45, 2.75) is 58.3 Å². The summed E-state index contributed by atoms with van der Waals surface area (Å²) < 4.78 is 16.5. The Bertz CT molecular complexity index is 1080. The molecule has 36 heavy (non-hydrogen) atoms. The summed E-state index contributed by atoms with van der Waals surface area (Å²) in [4.78, 5) is 23.1. The van der Waals surface area contributed by atoms with Crippen molar-refractivity contribution in [1.82, 2.24) is 0 Å². The quantitative estimate of drug-likeness (QED) is 0.133. The predicted molar refractivity (Wildman–Crippen MR) is 142 cm³/mol. The molecule has 2 N–H and O–H groups in total. The van der Waals surface area contributed by atoms with Crippen LogP contribution in [-0.2, 0) is 20.7 Å². The van der Waals surface area contributed by atoms with Crippen LogP contribution >= 0.6 is 0 Å². The number of esters is 2. The Hall–Kier alpha value is -3.54. The molecule has 0 aliphatic heterocycles. The second-order valence-electron chi connectivity index (χ2n) is 9.65. The van der Waals surface area contributed by atoms with Gasteiger partial charge in [-0.05, 0) is 93.5 Å². The van der Waals surface area contributed by atoms with Crippen molar-refractivity contribution in [3.63, 3.8) is 0 Å². The maximum Gasteiger partial charge on any atom is 0.338 e. The maximum atomic E-state index is 11.7. The first-order valence-corrected chi connectivity index (χ1v) is 12.5. The molecule has 3 rings (SSSR count). The van der Waals surface area contributed by atoms with E-state index in [1.807, 2.05) is 18.2 Å². The first-order valence-electron chi connectivity index (χ1n) is 12.5. The number of nitrogens with two attached hydrogens (primary N) is 1. The molecule has 192 valence electrons. The molecular formula is C30H37NO5. The molecule has 1 aliphatic rings. The fourth-order valence-electron chi connectivity index (χ4n) is 4.35. The Balaban J connectivity index is 1.39. The topological polar surface area (TPSA) is 87.9 Å². The molecule has 6 heteroatoms. The van der Waals surface area contributed by atoms with Crippen LogP contribution < -0.4 is 15.2 Å². The Labute approximate surface area is 214 Å². The lowest BCUT2D eigenvalue weighted by atomic mass is 9.78. The highest BCUT2D eigenvalue weighted by Gasteiger charge is 2.24. The van der Waals surface area contributed by atoms with E-state index in [1.165, 1.54) is 5.56 Å². The van der Waals surface area contributed by atoms with Crippen LogP contribution in [0.1, 0.15) is 63.0 Å². The van der Waals surface area contributed by atoms with E-state index in [2.05, 4.69) is 25.3 Å². The molecule has 0 bridgehead atoms. The molecule has 1 fully saturated rings. The predicted octanol–water partition coefficient (Wildman–Crippen LogP) is 6.16. The van der Waals surface area contributed by atoms with Crippen LogP contribution in [-0.4, -0.2) is 25.2 Å². The van der Waals surface area contributed by atoms with Gasteiger partial charge in [0.25, 0.3) is 0 Å². The highest BCUT2D eigenvalue weighted by molar-refractivity contribution is 5.89. The molecular weight excluding hydrogens is 454 g/mol. The van der Waals surface area contributed by atoms with Gasteiger partial charge in [0.15, 0.2) is 0 Å². The average Bonchev–Trinajstić information content (AvgIpc) is 2.86. The summed E-state index contributed by atoms with van der Waals surface area (Å²) in [6.07, 6.45) is 5.88. The van der Waals surface area contributed by atoms with Gasteiger partial charge < -0.3 is 19.9 Å². The van der Waals surface area contributed by atoms with Crippen LogP contribution in [0, 0.1) is 5.92 Å². The summed E-state index contributed by atoms with van der Waals surface area (Å²) in [5.74, 6) is 1.46. The number of nitrogen functional groups attached to an aromatic ring is 1. The van der Waals surface area contributed by atoms with Crippen molar-refractivity contribution in [3.05, 3.63) is 77.9 Å². The van der Waals surface area contributed by atoms with Crippen LogP contribution in [0.5, 0.6) is 11.5 Å². The second-order valence-corrected chi connectivity index (χ2v) is 9.65. The zero-order valence-corrected chi connectivity index (χ0v) is 21.4. The van der Waals surface area contributed by atoms with E-state index < -0.39 is 5.97 Å². The lowest BCUT2D eigenvalue weighted by molar-refractivity contribution is -0.139. The maximum absolute atomic E-state index is 11.7. The Morgan fingerprint density at radius 3 is 2.17 bits per heavy atom. The first kappa shape index (κ1) is 27.1. The average molecular weight is 492 g/mol. The third-order valence-corrected chi connectivity index (χ3v) is 6.50. The van der Waals surface area contributed by atoms with Gasteiger partial charge >= 0.3 is 11.9 Å². The minimum Gasteiger partial charge on any atom is -0.493 e. The lowest BCUT2D eigenvalue weighted by Gasteiger charge is -2.29. The normalized spacial score (nSPS) is 17.2. The molecule has 0 spiro atoms. The highest BCUT2D eigenvalue weighted by atomic mass is 16.5. The second kappa shape index (κ2) is 13.0. The van der Waals surface area contributed by atoms with Crippen LogP contribution in [0.4, 0.5) is 5.69 Å². The van der Waals surface area contributed by atoms with Crippen molar-refractivity contribution in [3.8, 4) is 11.5 Å². The van der Waals surface area contributed by atoms with Crippen molar-refractivity contribution < 1.29 is 23.8 Å². The summed E-state index contributed by atoms with van der Waals surface area (Å²) in [7, 11) is 0. The number of aryl methyl sites for hydroxylation is 1. The molecule has 2 aromatic carbocycles. The summed E-state index contributed by atoms with van der Waals surface area (Å²) >= 11 is 0. The van der Waals surface area contributed by atoms with Crippen LogP contribution in [0.25, 0.3) is 0 Å². The standard InChI is InChI=1S/C30H37NO5/c1-20(2)29(32)34-17-5-6-22-9-13-25(14-10-22)35-19-23-7-11-24(12-8-23)27-16-15-26(18-28(27)31)36-30(33)21(3)4/h9-10,13-16,18,23-24H,1,3,5-8,11-12,17,19,31H2,2,4H3. The number of benzene rings is 2. The van der Waals surface area contributed by atoms with E-state index in [1.54, 1.807) is 26.0 Å². The zero-order valence-electron chi connectivity index (χ0n) is 21.4. The Morgan fingerprint density at radius 1 is 0.917 bits per heavy atom. The fourth-order valence-corrected chi connectivity index (χ4v) is 4.35. The molecule has 0 radical (unpaired) electrons. The summed E-state index contributed by atoms with van der Waals surface area (Å²) in [5, 5.41) is 0. The monoisotopic (exact) mass is 491 g/mol. The smallest absolute Gasteiger partial charge is 0.338 e. The van der Waals surface area contributed by atoms with Gasteiger partial charge in [0.1, 0.15) is 11.5 Å². The molecule has 1 saturated carbocycles. The van der Waals surface area contributed by atoms with Gasteiger partial charge in [-0.3, -0.25) is 0 Å². The van der Waals surface area contributed by atoms with Gasteiger partial charge in [0.2, 0.25) is 0 Å². The van der Waals surface area contributed by atoms with Gasteiger partial charge in [-0.15, -0.1) is 0 Å². The van der Waals surface area contributed by atoms with E-state index in [-0.39, 0.29) is 5.97 Å². The van der Waals surface area contributed by atoms with Crippen molar-refractivity contribution in [2.24, 2.45) is 5.92 Å². The number of hydrogen-bond acceptors (Lipinski definition) is 6. The SMILES string of the molecule is C=C(C)C(=O)OCCCc1ccc(OCC2CCC(c3ccc(OC(=O)C(=C)C)cc3N)CC2)cc1. The zero-order chi connectivity index (χ0) is 26.1. The summed E-state index contributed by atoms with van der Waals surface area (Å²) in [5.41, 5.74) is 10.0. The van der Waals surface area contributed by atoms with Gasteiger partial charge in [-0.2, -0.15) is 0 Å². The number of rotatable bonds is 11. The van der Waals surface area contributed by atoms with Gasteiger partial charge in [-0.25, -0.2) is 9.59 Å². The molecule has 0 atom stereocenters. The van der Waals surface area contributed by atoms with Gasteiger partial charge in [0.05, 0.1) is 13.2 Å². The Morgan fingerprint density at radius 2 is 1.56 bits per heavy atom. The molecule has 0 heterocycles. The van der Waals surface area contributed by atoms with Gasteiger partial charge in [0, 0.05) is 22.9 Å². The van der Waals surface area contributed by atoms with Crippen molar-refractivity contribution in [1.29, 1.82) is 0 Å². The minimum absolute atomic E-state index is 0.337. The van der Waals surface area contributed by atoms with Crippen LogP contribution in [0.3, 0.4) is 0 Å². The van der Waals surface area contributed by atoms with E-state index in [0.29, 0.717) is 47.6 Å². The van der Waals surface area contributed by atoms with E-state index in [4.69, 9.17) is 19.9 Å². The molecule has 0 unspecified atom stereocenters. The van der Waals surface area contributed by atoms with E-state index in [0.717, 1.165) is 49.8 Å². The number of hydrogen-bond donors (Lipinski definition) is 1. The van der Waals surface area contributed by atoms with E-state index >= 15 is 0 Å². The van der Waals surface area contributed by atoms with Crippen molar-refractivity contribution >= 4 is 17.6 Å². The molecule has 6 nitrogen and oxygen atoms in total. The lowest BCUT2D eigenvalue weighted by Crippen LogP contribution is -2.20. The molecule has 1 aliphatic carbocycles. The number of carbonyl (C=O) groups excluding carboxylic acids is 2. The number of carbonyl (C=O) groups is 2. The minimum atomic E-state index is -0.445. The first-order chi connectivity index (χ1) is 17.2. The number of ether oxygens (including phenoxy) is 3. The largest absolute Gasteiger partial charge is 0.493 e. The molecule has 0 amide bonds. The highest BCUT2D eigenvalue weighted by Crippen LogP contribution is 2.39. The molecule has 2 aromatic rings. The van der Waals surface area contributed by atoms with Crippen molar-refractivity contribution in [2.75, 3.05) is 18.9 Å². The Kier molecular flexibility index (Phi) is 9.74. The van der Waals surface area contributed by atoms with Crippen LogP contribution in [0.15, 0.2) is 66.8 Å². The summed E-state index contributed by atoms with van der Waals surface area (Å²) in [6, 6.07) is 13.6. The molecule has 0 saturated heterocycles.